The van der Waals surface area contributed by atoms with Gasteiger partial charge in [0.05, 0.1) is 18.8 Å². The third-order valence-corrected chi connectivity index (χ3v) is 3.77. The first-order valence-corrected chi connectivity index (χ1v) is 7.17. The summed E-state index contributed by atoms with van der Waals surface area (Å²) < 4.78 is 5.99. The van der Waals surface area contributed by atoms with Crippen LogP contribution in [0.4, 0.5) is 0 Å². The van der Waals surface area contributed by atoms with Gasteiger partial charge in [-0.25, -0.2) is 0 Å². The second-order valence-corrected chi connectivity index (χ2v) is 5.27. The van der Waals surface area contributed by atoms with E-state index in [1.807, 2.05) is 12.4 Å². The molecule has 1 aliphatic heterocycles. The molecule has 1 N–H and O–H groups in total. The quantitative estimate of drug-likeness (QED) is 0.822. The van der Waals surface area contributed by atoms with Gasteiger partial charge in [-0.15, -0.1) is 0 Å². The molecule has 1 aromatic heterocycles. The lowest BCUT2D eigenvalue weighted by molar-refractivity contribution is -0.0615. The minimum Gasteiger partial charge on any atom is -0.374 e. The molecule has 2 atom stereocenters. The maximum Gasteiger partial charge on any atom is 0.0897 e. The van der Waals surface area contributed by atoms with Crippen LogP contribution < -0.4 is 5.32 Å². The van der Waals surface area contributed by atoms with Crippen molar-refractivity contribution < 1.29 is 4.74 Å². The van der Waals surface area contributed by atoms with E-state index in [1.165, 1.54) is 11.1 Å². The fourth-order valence-corrected chi connectivity index (χ4v) is 2.68. The van der Waals surface area contributed by atoms with E-state index in [1.54, 1.807) is 0 Å². The summed E-state index contributed by atoms with van der Waals surface area (Å²) in [6, 6.07) is 2.38. The van der Waals surface area contributed by atoms with Gasteiger partial charge in [-0.3, -0.25) is 9.88 Å². The first kappa shape index (κ1) is 14.4. The molecule has 0 aromatic carbocycles. The van der Waals surface area contributed by atoms with E-state index in [2.05, 4.69) is 42.2 Å². The molecule has 4 heteroatoms. The van der Waals surface area contributed by atoms with Crippen LogP contribution in [-0.2, 0) is 4.74 Å². The van der Waals surface area contributed by atoms with E-state index in [-0.39, 0.29) is 6.10 Å². The van der Waals surface area contributed by atoms with Gasteiger partial charge < -0.3 is 10.1 Å². The molecule has 4 nitrogen and oxygen atoms in total. The number of hydrogen-bond acceptors (Lipinski definition) is 4. The predicted molar refractivity (Wildman–Crippen MR) is 77.2 cm³/mol. The van der Waals surface area contributed by atoms with E-state index in [0.717, 1.165) is 32.7 Å². The summed E-state index contributed by atoms with van der Waals surface area (Å²) in [6.07, 6.45) is 5.19. The molecule has 1 saturated heterocycles. The zero-order valence-corrected chi connectivity index (χ0v) is 12.2. The normalized spacial score (nSPS) is 24.6. The van der Waals surface area contributed by atoms with Gasteiger partial charge in [-0.1, -0.05) is 6.92 Å². The minimum absolute atomic E-state index is 0.202. The van der Waals surface area contributed by atoms with Crippen LogP contribution in [0.2, 0.25) is 0 Å². The van der Waals surface area contributed by atoms with E-state index in [4.69, 9.17) is 4.74 Å². The molecule has 0 amide bonds. The number of nitrogens with one attached hydrogen (secondary N) is 1. The van der Waals surface area contributed by atoms with Crippen molar-refractivity contribution in [3.8, 4) is 0 Å². The summed E-state index contributed by atoms with van der Waals surface area (Å²) in [5, 5.41) is 3.47. The molecule has 1 fully saturated rings. The molecule has 106 valence electrons. The Morgan fingerprint density at radius 3 is 3.11 bits per heavy atom. The van der Waals surface area contributed by atoms with Crippen molar-refractivity contribution in [3.63, 3.8) is 0 Å². The highest BCUT2D eigenvalue weighted by molar-refractivity contribution is 5.26. The second-order valence-electron chi connectivity index (χ2n) is 5.27. The Morgan fingerprint density at radius 2 is 2.37 bits per heavy atom. The number of aryl methyl sites for hydroxylation is 1. The number of pyridine rings is 1. The third kappa shape index (κ3) is 3.53. The van der Waals surface area contributed by atoms with Gasteiger partial charge in [0.25, 0.3) is 0 Å². The summed E-state index contributed by atoms with van der Waals surface area (Å²) in [4.78, 5) is 6.66. The predicted octanol–water partition coefficient (Wildman–Crippen LogP) is 1.76. The van der Waals surface area contributed by atoms with Crippen LogP contribution in [0.5, 0.6) is 0 Å². The first-order chi connectivity index (χ1) is 9.24. The van der Waals surface area contributed by atoms with Crippen molar-refractivity contribution in [1.82, 2.24) is 15.2 Å². The fraction of sp³-hybridized carbons (Fsp3) is 0.667. The van der Waals surface area contributed by atoms with Gasteiger partial charge in [-0.05, 0) is 44.1 Å². The maximum atomic E-state index is 5.99. The van der Waals surface area contributed by atoms with E-state index < -0.39 is 0 Å². The number of likely N-dealkylation sites (N-methyl/N-ethyl adjacent to an activating group) is 1. The Hall–Kier alpha value is -0.970. The van der Waals surface area contributed by atoms with Crippen molar-refractivity contribution in [2.45, 2.75) is 32.4 Å². The smallest absolute Gasteiger partial charge is 0.0897 e. The minimum atomic E-state index is 0.202. The van der Waals surface area contributed by atoms with Crippen molar-refractivity contribution in [2.75, 3.05) is 33.3 Å². The number of aromatic nitrogens is 1. The average molecular weight is 263 g/mol. The summed E-state index contributed by atoms with van der Waals surface area (Å²) in [7, 11) is 2.17. The van der Waals surface area contributed by atoms with Gasteiger partial charge in [0.1, 0.15) is 0 Å². The van der Waals surface area contributed by atoms with E-state index in [9.17, 15) is 0 Å². The van der Waals surface area contributed by atoms with Gasteiger partial charge in [0.2, 0.25) is 0 Å². The Balaban J connectivity index is 2.14. The van der Waals surface area contributed by atoms with Crippen LogP contribution in [0, 0.1) is 6.92 Å². The molecule has 0 radical (unpaired) electrons. The Morgan fingerprint density at radius 1 is 1.53 bits per heavy atom. The molecule has 0 saturated carbocycles. The van der Waals surface area contributed by atoms with E-state index in [0.29, 0.717) is 6.04 Å². The molecule has 2 rings (SSSR count). The summed E-state index contributed by atoms with van der Waals surface area (Å²) in [5.74, 6) is 0. The van der Waals surface area contributed by atoms with Crippen LogP contribution in [0.3, 0.4) is 0 Å². The Kier molecular flexibility index (Phi) is 5.31. The molecular formula is C15H25N3O. The summed E-state index contributed by atoms with van der Waals surface area (Å²) in [6.45, 7) is 8.06. The number of nitrogens with zero attached hydrogens (tertiary/aromatic N) is 2. The molecule has 1 aliphatic rings. The maximum absolute atomic E-state index is 5.99. The number of rotatable bonds is 5. The first-order valence-electron chi connectivity index (χ1n) is 7.17. The van der Waals surface area contributed by atoms with Crippen LogP contribution >= 0.6 is 0 Å². The highest BCUT2D eigenvalue weighted by atomic mass is 16.5. The van der Waals surface area contributed by atoms with Crippen molar-refractivity contribution in [1.29, 1.82) is 0 Å². The van der Waals surface area contributed by atoms with Gasteiger partial charge >= 0.3 is 0 Å². The Bertz CT molecular complexity index is 397. The van der Waals surface area contributed by atoms with Gasteiger partial charge in [0.15, 0.2) is 0 Å². The standard InChI is InChI=1S/C15H25N3O/c1-4-6-16-11-14-15(18(3)8-9-19-14)13-10-17-7-5-12(13)2/h5,7,10,14-16H,4,6,8-9,11H2,1-3H3. The molecular weight excluding hydrogens is 238 g/mol. The fourth-order valence-electron chi connectivity index (χ4n) is 2.68. The number of hydrogen-bond donors (Lipinski definition) is 1. The SMILES string of the molecule is CCCNCC1OCCN(C)C1c1cnccc1C. The molecule has 2 heterocycles. The van der Waals surface area contributed by atoms with Crippen molar-refractivity contribution in [3.05, 3.63) is 29.6 Å². The van der Waals surface area contributed by atoms with Gasteiger partial charge in [0, 0.05) is 25.5 Å². The molecule has 0 bridgehead atoms. The zero-order chi connectivity index (χ0) is 13.7. The molecule has 0 spiro atoms. The van der Waals surface area contributed by atoms with Gasteiger partial charge in [-0.2, -0.15) is 0 Å². The topological polar surface area (TPSA) is 37.4 Å². The highest BCUT2D eigenvalue weighted by Gasteiger charge is 2.32. The van der Waals surface area contributed by atoms with Crippen molar-refractivity contribution >= 4 is 0 Å². The third-order valence-electron chi connectivity index (χ3n) is 3.77. The second kappa shape index (κ2) is 6.98. The van der Waals surface area contributed by atoms with Crippen LogP contribution in [-0.4, -0.2) is 49.3 Å². The average Bonchev–Trinajstić information content (AvgIpc) is 2.41. The molecule has 2 unspecified atom stereocenters. The van der Waals surface area contributed by atoms with E-state index >= 15 is 0 Å². The zero-order valence-electron chi connectivity index (χ0n) is 12.2. The molecule has 19 heavy (non-hydrogen) atoms. The largest absolute Gasteiger partial charge is 0.374 e. The van der Waals surface area contributed by atoms with Crippen LogP contribution in [0.25, 0.3) is 0 Å². The monoisotopic (exact) mass is 263 g/mol. The molecule has 1 aromatic rings. The lowest BCUT2D eigenvalue weighted by Gasteiger charge is -2.40. The Labute approximate surface area is 116 Å². The van der Waals surface area contributed by atoms with Crippen LogP contribution in [0.1, 0.15) is 30.5 Å². The highest BCUT2D eigenvalue weighted by Crippen LogP contribution is 2.29. The lowest BCUT2D eigenvalue weighted by atomic mass is 9.96. The summed E-state index contributed by atoms with van der Waals surface area (Å²) >= 11 is 0. The molecule has 0 aliphatic carbocycles. The van der Waals surface area contributed by atoms with Crippen LogP contribution in [0.15, 0.2) is 18.5 Å². The number of ether oxygens (including phenoxy) is 1. The summed E-state index contributed by atoms with van der Waals surface area (Å²) in [5.41, 5.74) is 2.57. The lowest BCUT2D eigenvalue weighted by Crippen LogP contribution is -2.47. The number of morpholine rings is 1. The van der Waals surface area contributed by atoms with Crippen molar-refractivity contribution in [2.24, 2.45) is 0 Å².